The number of rotatable bonds is 6. The lowest BCUT2D eigenvalue weighted by Gasteiger charge is -2.09. The van der Waals surface area contributed by atoms with Gasteiger partial charge in [-0.05, 0) is 55.8 Å². The number of hydrogen-bond acceptors (Lipinski definition) is 5. The maximum absolute atomic E-state index is 12.5. The van der Waals surface area contributed by atoms with E-state index in [0.717, 1.165) is 21.5 Å². The van der Waals surface area contributed by atoms with E-state index >= 15 is 0 Å². The van der Waals surface area contributed by atoms with Crippen LogP contribution in [0.2, 0.25) is 0 Å². The van der Waals surface area contributed by atoms with Crippen LogP contribution in [0.3, 0.4) is 0 Å². The van der Waals surface area contributed by atoms with E-state index in [1.807, 2.05) is 36.6 Å². The van der Waals surface area contributed by atoms with Crippen molar-refractivity contribution in [3.63, 3.8) is 0 Å². The number of aryl methyl sites for hydroxylation is 2. The molecular weight excluding hydrogens is 434 g/mol. The molecule has 3 aromatic rings. The van der Waals surface area contributed by atoms with Gasteiger partial charge in [0.05, 0.1) is 10.6 Å². The normalized spacial score (nSPS) is 11.7. The van der Waals surface area contributed by atoms with Crippen molar-refractivity contribution < 1.29 is 8.42 Å². The van der Waals surface area contributed by atoms with Crippen molar-refractivity contribution in [1.82, 2.24) is 14.8 Å². The third-order valence-corrected chi connectivity index (χ3v) is 7.26. The van der Waals surface area contributed by atoms with Gasteiger partial charge in [0.2, 0.25) is 0 Å². The Morgan fingerprint density at radius 2 is 1.81 bits per heavy atom. The Bertz CT molecular complexity index is 1020. The first-order chi connectivity index (χ1) is 12.4. The minimum absolute atomic E-state index is 0.0407. The van der Waals surface area contributed by atoms with E-state index in [9.17, 15) is 8.42 Å². The summed E-state index contributed by atoms with van der Waals surface area (Å²) in [5.74, 6) is 1.22. The van der Waals surface area contributed by atoms with Crippen molar-refractivity contribution in [2.24, 2.45) is 0 Å². The summed E-state index contributed by atoms with van der Waals surface area (Å²) in [5, 5.41) is 9.04. The molecule has 0 aliphatic carbocycles. The molecule has 0 bridgehead atoms. The number of halogens is 1. The fraction of sp³-hybridized carbons (Fsp3) is 0.222. The fourth-order valence-electron chi connectivity index (χ4n) is 2.50. The van der Waals surface area contributed by atoms with E-state index in [0.29, 0.717) is 15.8 Å². The number of benzene rings is 2. The molecule has 8 heteroatoms. The van der Waals surface area contributed by atoms with Gasteiger partial charge in [-0.25, -0.2) is 8.42 Å². The lowest BCUT2D eigenvalue weighted by molar-refractivity contribution is 0.597. The highest BCUT2D eigenvalue weighted by Gasteiger charge is 2.17. The highest BCUT2D eigenvalue weighted by Crippen LogP contribution is 2.24. The fourth-order valence-corrected chi connectivity index (χ4v) is 5.41. The van der Waals surface area contributed by atoms with Crippen LogP contribution in [0, 0.1) is 13.8 Å². The summed E-state index contributed by atoms with van der Waals surface area (Å²) in [5.41, 5.74) is 2.12. The highest BCUT2D eigenvalue weighted by molar-refractivity contribution is 9.10. The molecule has 5 nitrogen and oxygen atoms in total. The molecule has 0 saturated heterocycles. The molecule has 0 saturated carbocycles. The zero-order valence-electron chi connectivity index (χ0n) is 14.4. The summed E-state index contributed by atoms with van der Waals surface area (Å²) in [6.07, 6.45) is 0. The lowest BCUT2D eigenvalue weighted by Crippen LogP contribution is -2.09. The molecule has 0 spiro atoms. The molecule has 136 valence electrons. The number of sulfone groups is 1. The second kappa shape index (κ2) is 7.94. The van der Waals surface area contributed by atoms with Gasteiger partial charge >= 0.3 is 0 Å². The van der Waals surface area contributed by atoms with Gasteiger partial charge in [0.1, 0.15) is 5.82 Å². The Labute approximate surface area is 165 Å². The van der Waals surface area contributed by atoms with Gasteiger partial charge in [-0.3, -0.25) is 4.57 Å². The minimum atomic E-state index is -3.32. The van der Waals surface area contributed by atoms with Gasteiger partial charge in [0.15, 0.2) is 15.0 Å². The first-order valence-corrected chi connectivity index (χ1v) is 11.4. The number of thioether (sulfide) groups is 1. The van der Waals surface area contributed by atoms with E-state index in [1.54, 1.807) is 24.3 Å². The van der Waals surface area contributed by atoms with Crippen LogP contribution in [-0.4, -0.2) is 34.7 Å². The van der Waals surface area contributed by atoms with Gasteiger partial charge in [0.25, 0.3) is 0 Å². The average Bonchev–Trinajstić information content (AvgIpc) is 2.96. The first kappa shape index (κ1) is 19.1. The summed E-state index contributed by atoms with van der Waals surface area (Å²) in [4.78, 5) is 0.331. The molecule has 0 radical (unpaired) electrons. The van der Waals surface area contributed by atoms with Crippen LogP contribution < -0.4 is 0 Å². The Hall–Kier alpha value is -1.64. The van der Waals surface area contributed by atoms with Gasteiger partial charge < -0.3 is 0 Å². The summed E-state index contributed by atoms with van der Waals surface area (Å²) in [6.45, 7) is 3.92. The van der Waals surface area contributed by atoms with Crippen molar-refractivity contribution in [2.75, 3.05) is 11.5 Å². The van der Waals surface area contributed by atoms with Gasteiger partial charge in [-0.1, -0.05) is 39.8 Å². The second-order valence-electron chi connectivity index (χ2n) is 5.83. The van der Waals surface area contributed by atoms with Gasteiger partial charge in [0, 0.05) is 15.9 Å². The Morgan fingerprint density at radius 3 is 2.50 bits per heavy atom. The van der Waals surface area contributed by atoms with Crippen LogP contribution >= 0.6 is 27.7 Å². The van der Waals surface area contributed by atoms with Crippen molar-refractivity contribution in [2.45, 2.75) is 23.9 Å². The molecule has 2 aromatic carbocycles. The molecule has 1 heterocycles. The van der Waals surface area contributed by atoms with Gasteiger partial charge in [-0.15, -0.1) is 10.2 Å². The third kappa shape index (κ3) is 4.36. The summed E-state index contributed by atoms with van der Waals surface area (Å²) in [7, 11) is -3.32. The molecular formula is C18H18BrN3O2S2. The van der Waals surface area contributed by atoms with Crippen LogP contribution in [0.1, 0.15) is 11.4 Å². The maximum atomic E-state index is 12.5. The quantitative estimate of drug-likeness (QED) is 0.525. The Morgan fingerprint density at radius 1 is 1.08 bits per heavy atom. The lowest BCUT2D eigenvalue weighted by atomic mass is 10.2. The summed E-state index contributed by atoms with van der Waals surface area (Å²) in [6, 6.07) is 14.8. The molecule has 0 N–H and O–H groups in total. The maximum Gasteiger partial charge on any atom is 0.195 e. The largest absolute Gasteiger partial charge is 0.274 e. The second-order valence-corrected chi connectivity index (χ2v) is 9.91. The topological polar surface area (TPSA) is 64.8 Å². The van der Waals surface area contributed by atoms with Crippen molar-refractivity contribution in [3.05, 3.63) is 64.4 Å². The van der Waals surface area contributed by atoms with E-state index < -0.39 is 9.84 Å². The standard InChI is InChI=1S/C18H18BrN3O2S2/c1-13-4-3-5-16(12-13)22-14(2)20-21-18(22)25-10-11-26(23,24)17-8-6-15(19)7-9-17/h3-9,12H,10-11H2,1-2H3. The molecule has 26 heavy (non-hydrogen) atoms. The highest BCUT2D eigenvalue weighted by atomic mass is 79.9. The molecule has 1 aromatic heterocycles. The zero-order valence-corrected chi connectivity index (χ0v) is 17.6. The summed E-state index contributed by atoms with van der Waals surface area (Å²) >= 11 is 4.71. The molecule has 0 aliphatic rings. The van der Waals surface area contributed by atoms with Crippen LogP contribution in [-0.2, 0) is 9.84 Å². The third-order valence-electron chi connectivity index (χ3n) is 3.81. The van der Waals surface area contributed by atoms with E-state index in [2.05, 4.69) is 32.2 Å². The predicted molar refractivity (Wildman–Crippen MR) is 108 cm³/mol. The Balaban J connectivity index is 1.74. The Kier molecular flexibility index (Phi) is 5.84. The van der Waals surface area contributed by atoms with E-state index in [4.69, 9.17) is 0 Å². The average molecular weight is 452 g/mol. The van der Waals surface area contributed by atoms with Crippen LogP contribution in [0.4, 0.5) is 0 Å². The van der Waals surface area contributed by atoms with Crippen LogP contribution in [0.15, 0.2) is 63.1 Å². The molecule has 0 atom stereocenters. The predicted octanol–water partition coefficient (Wildman–Crippen LogP) is 4.21. The van der Waals surface area contributed by atoms with Crippen molar-refractivity contribution in [3.8, 4) is 5.69 Å². The molecule has 0 aliphatic heterocycles. The first-order valence-electron chi connectivity index (χ1n) is 7.97. The van der Waals surface area contributed by atoms with Crippen molar-refractivity contribution in [1.29, 1.82) is 0 Å². The number of aromatic nitrogens is 3. The number of nitrogens with zero attached hydrogens (tertiary/aromatic N) is 3. The molecule has 3 rings (SSSR count). The summed E-state index contributed by atoms with van der Waals surface area (Å²) < 4.78 is 27.7. The molecule has 0 amide bonds. The van der Waals surface area contributed by atoms with E-state index in [1.165, 1.54) is 11.8 Å². The van der Waals surface area contributed by atoms with Gasteiger partial charge in [-0.2, -0.15) is 0 Å². The van der Waals surface area contributed by atoms with Crippen LogP contribution in [0.5, 0.6) is 0 Å². The smallest absolute Gasteiger partial charge is 0.195 e. The number of hydrogen-bond donors (Lipinski definition) is 0. The van der Waals surface area contributed by atoms with Crippen LogP contribution in [0.25, 0.3) is 5.69 Å². The van der Waals surface area contributed by atoms with E-state index in [-0.39, 0.29) is 5.75 Å². The minimum Gasteiger partial charge on any atom is -0.274 e. The zero-order chi connectivity index (χ0) is 18.7. The SMILES string of the molecule is Cc1cccc(-n2c(C)nnc2SCCS(=O)(=O)c2ccc(Br)cc2)c1. The monoisotopic (exact) mass is 451 g/mol. The molecule has 0 fully saturated rings. The van der Waals surface area contributed by atoms with Crippen molar-refractivity contribution >= 4 is 37.5 Å². The molecule has 0 unspecified atom stereocenters.